The normalized spacial score (nSPS) is 16.5. The summed E-state index contributed by atoms with van der Waals surface area (Å²) in [6, 6.07) is 3.50. The van der Waals surface area contributed by atoms with Crippen LogP contribution in [0.25, 0.3) is 12.2 Å². The second kappa shape index (κ2) is 8.96. The van der Waals surface area contributed by atoms with Gasteiger partial charge in [0.15, 0.2) is 10.7 Å². The molecule has 0 atom stereocenters. The molecule has 0 unspecified atom stereocenters. The smallest absolute Gasteiger partial charge is 0.248 e. The number of nitrogens with zero attached hydrogens (tertiary/aromatic N) is 3. The van der Waals surface area contributed by atoms with Crippen LogP contribution in [0, 0.1) is 12.8 Å². The van der Waals surface area contributed by atoms with Crippen LogP contribution in [0.2, 0.25) is 0 Å². The van der Waals surface area contributed by atoms with E-state index in [9.17, 15) is 13.2 Å². The van der Waals surface area contributed by atoms with Gasteiger partial charge in [0.05, 0.1) is 6.26 Å². The average Bonchev–Trinajstić information content (AvgIpc) is 3.37. The molecular formula is C20H27N3O5S. The molecule has 2 aromatic rings. The van der Waals surface area contributed by atoms with Crippen molar-refractivity contribution in [1.29, 1.82) is 0 Å². The van der Waals surface area contributed by atoms with Gasteiger partial charge >= 0.3 is 0 Å². The number of piperidine rings is 1. The van der Waals surface area contributed by atoms with E-state index in [1.54, 1.807) is 36.1 Å². The van der Waals surface area contributed by atoms with E-state index in [2.05, 4.69) is 5.16 Å². The largest absolute Gasteiger partial charge is 0.465 e. The fourth-order valence-electron chi connectivity index (χ4n) is 3.61. The number of furan rings is 1. The molecule has 0 bridgehead atoms. The van der Waals surface area contributed by atoms with E-state index in [1.807, 2.05) is 13.8 Å². The zero-order valence-corrected chi connectivity index (χ0v) is 17.8. The fourth-order valence-corrected chi connectivity index (χ4v) is 5.33. The van der Waals surface area contributed by atoms with Crippen LogP contribution >= 0.6 is 0 Å². The first-order chi connectivity index (χ1) is 13.9. The summed E-state index contributed by atoms with van der Waals surface area (Å²) in [5.74, 6) is 0.719. The van der Waals surface area contributed by atoms with Crippen molar-refractivity contribution in [3.05, 3.63) is 35.6 Å². The summed E-state index contributed by atoms with van der Waals surface area (Å²) in [4.78, 5) is 14.4. The minimum absolute atomic E-state index is 0.0637. The summed E-state index contributed by atoms with van der Waals surface area (Å²) in [6.45, 7) is 7.44. The zero-order chi connectivity index (χ0) is 21.0. The summed E-state index contributed by atoms with van der Waals surface area (Å²) in [5.41, 5.74) is 0.311. The van der Waals surface area contributed by atoms with Crippen molar-refractivity contribution in [2.75, 3.05) is 26.2 Å². The molecular weight excluding hydrogens is 394 g/mol. The van der Waals surface area contributed by atoms with E-state index in [1.165, 1.54) is 10.6 Å². The Balaban J connectivity index is 1.76. The lowest BCUT2D eigenvalue weighted by atomic mass is 9.96. The molecule has 0 radical (unpaired) electrons. The molecule has 158 valence electrons. The fraction of sp³-hybridized carbons (Fsp3) is 0.500. The second-order valence-corrected chi connectivity index (χ2v) is 8.87. The lowest BCUT2D eigenvalue weighted by Crippen LogP contribution is -2.44. The lowest BCUT2D eigenvalue weighted by Gasteiger charge is -2.33. The molecule has 0 spiro atoms. The summed E-state index contributed by atoms with van der Waals surface area (Å²) in [7, 11) is -3.78. The van der Waals surface area contributed by atoms with Gasteiger partial charge in [0.1, 0.15) is 11.5 Å². The number of amides is 1. The predicted octanol–water partition coefficient (Wildman–Crippen LogP) is 3.02. The van der Waals surface area contributed by atoms with E-state index in [-0.39, 0.29) is 22.5 Å². The molecule has 0 saturated carbocycles. The highest BCUT2D eigenvalue weighted by Gasteiger charge is 2.36. The Bertz CT molecular complexity index is 950. The third-order valence-corrected chi connectivity index (χ3v) is 7.31. The van der Waals surface area contributed by atoms with Crippen molar-refractivity contribution in [3.63, 3.8) is 0 Å². The maximum absolute atomic E-state index is 13.2. The van der Waals surface area contributed by atoms with Gasteiger partial charge in [-0.3, -0.25) is 4.79 Å². The molecule has 1 saturated heterocycles. The van der Waals surface area contributed by atoms with Crippen LogP contribution in [0.4, 0.5) is 0 Å². The van der Waals surface area contributed by atoms with Crippen LogP contribution in [0.1, 0.15) is 43.9 Å². The van der Waals surface area contributed by atoms with Gasteiger partial charge in [-0.15, -0.1) is 0 Å². The summed E-state index contributed by atoms with van der Waals surface area (Å²) < 4.78 is 38.4. The van der Waals surface area contributed by atoms with Crippen LogP contribution in [-0.2, 0) is 14.8 Å². The molecule has 1 aliphatic heterocycles. The summed E-state index contributed by atoms with van der Waals surface area (Å²) >= 11 is 0. The molecule has 9 heteroatoms. The quantitative estimate of drug-likeness (QED) is 0.682. The molecule has 3 rings (SSSR count). The van der Waals surface area contributed by atoms with Gasteiger partial charge in [-0.25, -0.2) is 8.42 Å². The molecule has 29 heavy (non-hydrogen) atoms. The highest BCUT2D eigenvalue weighted by molar-refractivity contribution is 7.89. The van der Waals surface area contributed by atoms with E-state index < -0.39 is 10.0 Å². The van der Waals surface area contributed by atoms with Gasteiger partial charge in [0, 0.05) is 32.1 Å². The van der Waals surface area contributed by atoms with Crippen molar-refractivity contribution in [3.8, 4) is 0 Å². The number of rotatable bonds is 7. The lowest BCUT2D eigenvalue weighted by molar-refractivity contribution is -0.136. The monoisotopic (exact) mass is 421 g/mol. The van der Waals surface area contributed by atoms with Crippen molar-refractivity contribution < 1.29 is 22.2 Å². The van der Waals surface area contributed by atoms with Crippen LogP contribution in [0.5, 0.6) is 0 Å². The van der Waals surface area contributed by atoms with Gasteiger partial charge in [0.25, 0.3) is 0 Å². The zero-order valence-electron chi connectivity index (χ0n) is 17.0. The molecule has 0 aromatic carbocycles. The maximum atomic E-state index is 13.2. The van der Waals surface area contributed by atoms with Crippen LogP contribution in [0.15, 0.2) is 32.2 Å². The Hall–Kier alpha value is -2.39. The standard InChI is InChI=1S/C20H27N3O5S/c1-4-22(5-2)20(24)16-10-12-23(13-11-16)29(25,26)19-15(3)21-28-18(19)9-8-17-7-6-14-27-17/h6-9,14,16H,4-5,10-13H2,1-3H3. The van der Waals surface area contributed by atoms with Crippen molar-refractivity contribution in [2.24, 2.45) is 5.92 Å². The van der Waals surface area contributed by atoms with Crippen LogP contribution in [0.3, 0.4) is 0 Å². The SMILES string of the molecule is CCN(CC)C(=O)C1CCN(S(=O)(=O)c2c(C)noc2C=Cc2ccco2)CC1. The van der Waals surface area contributed by atoms with Crippen LogP contribution in [-0.4, -0.2) is 54.9 Å². The number of sulfonamides is 1. The van der Waals surface area contributed by atoms with Gasteiger partial charge < -0.3 is 13.8 Å². The average molecular weight is 422 g/mol. The van der Waals surface area contributed by atoms with Crippen molar-refractivity contribution >= 4 is 28.1 Å². The molecule has 2 aromatic heterocycles. The Morgan fingerprint density at radius 1 is 1.28 bits per heavy atom. The van der Waals surface area contributed by atoms with Gasteiger partial charge in [-0.2, -0.15) is 4.31 Å². The topological polar surface area (TPSA) is 96.9 Å². The van der Waals surface area contributed by atoms with E-state index in [0.717, 1.165) is 0 Å². The maximum Gasteiger partial charge on any atom is 0.248 e. The Kier molecular flexibility index (Phi) is 6.59. The molecule has 0 aliphatic carbocycles. The number of carbonyl (C=O) groups is 1. The van der Waals surface area contributed by atoms with Gasteiger partial charge in [-0.1, -0.05) is 5.16 Å². The first kappa shape index (κ1) is 21.3. The van der Waals surface area contributed by atoms with E-state index in [0.29, 0.717) is 50.5 Å². The van der Waals surface area contributed by atoms with Gasteiger partial charge in [0.2, 0.25) is 15.9 Å². The third-order valence-electron chi connectivity index (χ3n) is 5.25. The minimum Gasteiger partial charge on any atom is -0.465 e. The first-order valence-corrected chi connectivity index (χ1v) is 11.3. The highest BCUT2D eigenvalue weighted by atomic mass is 32.2. The Morgan fingerprint density at radius 3 is 2.55 bits per heavy atom. The Morgan fingerprint density at radius 2 is 1.97 bits per heavy atom. The molecule has 1 fully saturated rings. The molecule has 1 aliphatic rings. The number of hydrogen-bond donors (Lipinski definition) is 0. The summed E-state index contributed by atoms with van der Waals surface area (Å²) in [5, 5.41) is 3.84. The van der Waals surface area contributed by atoms with E-state index >= 15 is 0 Å². The third kappa shape index (κ3) is 4.45. The van der Waals surface area contributed by atoms with Gasteiger partial charge in [-0.05, 0) is 57.9 Å². The van der Waals surface area contributed by atoms with Crippen LogP contribution < -0.4 is 0 Å². The number of aromatic nitrogens is 1. The van der Waals surface area contributed by atoms with Crippen molar-refractivity contribution in [1.82, 2.24) is 14.4 Å². The second-order valence-electron chi connectivity index (χ2n) is 7.00. The minimum atomic E-state index is -3.78. The number of aryl methyl sites for hydroxylation is 1. The van der Waals surface area contributed by atoms with E-state index in [4.69, 9.17) is 8.94 Å². The number of carbonyl (C=O) groups excluding carboxylic acids is 1. The number of hydrogen-bond acceptors (Lipinski definition) is 6. The Labute approximate surface area is 171 Å². The van der Waals surface area contributed by atoms with Crippen molar-refractivity contribution in [2.45, 2.75) is 38.5 Å². The molecule has 0 N–H and O–H groups in total. The molecule has 8 nitrogen and oxygen atoms in total. The molecule has 3 heterocycles. The molecule has 1 amide bonds. The summed E-state index contributed by atoms with van der Waals surface area (Å²) in [6.07, 6.45) is 5.73. The predicted molar refractivity (Wildman–Crippen MR) is 108 cm³/mol. The highest BCUT2D eigenvalue weighted by Crippen LogP contribution is 2.29. The first-order valence-electron chi connectivity index (χ1n) is 9.85.